The molecule has 0 fully saturated rings. The minimum atomic E-state index is -0.612. The van der Waals surface area contributed by atoms with Gasteiger partial charge in [-0.15, -0.1) is 0 Å². The molecule has 0 radical (unpaired) electrons. The zero-order chi connectivity index (χ0) is 19.7. The molecular weight excluding hydrogens is 359 g/mol. The molecule has 3 aromatic rings. The highest BCUT2D eigenvalue weighted by atomic mass is 19.1. The Kier molecular flexibility index (Phi) is 4.70. The standard InChI is InChI=1S/C21H19FN4O2/c1-26-17-6-8-24-21(27)19(17)16-5-4-15(25-20(16)26)10-13-2-3-14(12-23)18(11-13)28-9-7-22/h2-5,11H,6-10H2,1H3,(H,24,27). The van der Waals surface area contributed by atoms with Gasteiger partial charge in [0.25, 0.3) is 5.91 Å². The summed E-state index contributed by atoms with van der Waals surface area (Å²) in [6.45, 7) is -0.0614. The maximum atomic E-state index is 12.4. The molecule has 1 aliphatic heterocycles. The van der Waals surface area contributed by atoms with E-state index in [0.29, 0.717) is 29.8 Å². The lowest BCUT2D eigenvalue weighted by molar-refractivity contribution is 0.0947. The van der Waals surface area contributed by atoms with Crippen molar-refractivity contribution in [1.82, 2.24) is 14.9 Å². The van der Waals surface area contributed by atoms with Gasteiger partial charge in [-0.2, -0.15) is 5.26 Å². The number of hydrogen-bond donors (Lipinski definition) is 1. The number of nitrogens with zero attached hydrogens (tertiary/aromatic N) is 3. The second kappa shape index (κ2) is 7.31. The molecule has 4 rings (SSSR count). The molecule has 3 heterocycles. The van der Waals surface area contributed by atoms with Crippen molar-refractivity contribution >= 4 is 16.9 Å². The number of aryl methyl sites for hydroxylation is 1. The van der Waals surface area contributed by atoms with E-state index in [-0.39, 0.29) is 12.5 Å². The number of hydrogen-bond acceptors (Lipinski definition) is 4. The normalized spacial score (nSPS) is 13.1. The number of aromatic nitrogens is 2. The van der Waals surface area contributed by atoms with E-state index in [0.717, 1.165) is 34.4 Å². The maximum absolute atomic E-state index is 12.4. The van der Waals surface area contributed by atoms with Crippen molar-refractivity contribution in [3.8, 4) is 11.8 Å². The van der Waals surface area contributed by atoms with Gasteiger partial charge in [0.15, 0.2) is 0 Å². The number of fused-ring (bicyclic) bond motifs is 3. The summed E-state index contributed by atoms with van der Waals surface area (Å²) in [6, 6.07) is 11.2. The fourth-order valence-electron chi connectivity index (χ4n) is 3.66. The Balaban J connectivity index is 1.68. The molecule has 0 aliphatic carbocycles. The van der Waals surface area contributed by atoms with Crippen molar-refractivity contribution in [3.63, 3.8) is 0 Å². The summed E-state index contributed by atoms with van der Waals surface area (Å²) in [5, 5.41) is 12.9. The molecule has 1 aromatic carbocycles. The number of benzene rings is 1. The van der Waals surface area contributed by atoms with Gasteiger partial charge < -0.3 is 14.6 Å². The van der Waals surface area contributed by atoms with Crippen LogP contribution in [0.2, 0.25) is 0 Å². The minimum Gasteiger partial charge on any atom is -0.489 e. The van der Waals surface area contributed by atoms with Crippen LogP contribution in [0.4, 0.5) is 4.39 Å². The number of alkyl halides is 1. The number of halogens is 1. The summed E-state index contributed by atoms with van der Waals surface area (Å²) in [5.41, 5.74) is 4.62. The van der Waals surface area contributed by atoms with Gasteiger partial charge in [-0.25, -0.2) is 9.37 Å². The Hall–Kier alpha value is -3.40. The third-order valence-corrected chi connectivity index (χ3v) is 4.97. The quantitative estimate of drug-likeness (QED) is 0.740. The number of pyridine rings is 1. The molecule has 2 aromatic heterocycles. The lowest BCUT2D eigenvalue weighted by Gasteiger charge is -2.13. The van der Waals surface area contributed by atoms with Crippen molar-refractivity contribution in [3.05, 3.63) is 58.4 Å². The summed E-state index contributed by atoms with van der Waals surface area (Å²) in [6.07, 6.45) is 1.32. The number of carbonyl (C=O) groups excluding carboxylic acids is 1. The van der Waals surface area contributed by atoms with Crippen molar-refractivity contribution < 1.29 is 13.9 Å². The highest BCUT2D eigenvalue weighted by Crippen LogP contribution is 2.28. The van der Waals surface area contributed by atoms with Crippen LogP contribution in [-0.2, 0) is 19.9 Å². The van der Waals surface area contributed by atoms with E-state index in [2.05, 4.69) is 11.4 Å². The van der Waals surface area contributed by atoms with Gasteiger partial charge in [-0.3, -0.25) is 4.79 Å². The number of amides is 1. The van der Waals surface area contributed by atoms with Gasteiger partial charge in [0, 0.05) is 43.2 Å². The van der Waals surface area contributed by atoms with Crippen LogP contribution < -0.4 is 10.1 Å². The second-order valence-electron chi connectivity index (χ2n) is 6.72. The topological polar surface area (TPSA) is 79.9 Å². The molecule has 0 atom stereocenters. The van der Waals surface area contributed by atoms with E-state index in [1.54, 1.807) is 12.1 Å². The summed E-state index contributed by atoms with van der Waals surface area (Å²) in [5.74, 6) is 0.327. The van der Waals surface area contributed by atoms with E-state index in [1.165, 1.54) is 0 Å². The van der Waals surface area contributed by atoms with Gasteiger partial charge in [0.2, 0.25) is 0 Å². The summed E-state index contributed by atoms with van der Waals surface area (Å²) >= 11 is 0. The fraction of sp³-hybridized carbons (Fsp3) is 0.286. The zero-order valence-electron chi connectivity index (χ0n) is 15.5. The molecule has 1 amide bonds. The van der Waals surface area contributed by atoms with Crippen LogP contribution in [0, 0.1) is 11.3 Å². The largest absolute Gasteiger partial charge is 0.489 e. The monoisotopic (exact) mass is 378 g/mol. The zero-order valence-corrected chi connectivity index (χ0v) is 15.5. The number of rotatable bonds is 5. The third-order valence-electron chi connectivity index (χ3n) is 4.97. The molecule has 0 spiro atoms. The Labute approximate surface area is 161 Å². The second-order valence-corrected chi connectivity index (χ2v) is 6.72. The molecule has 6 nitrogen and oxygen atoms in total. The molecule has 7 heteroatoms. The van der Waals surface area contributed by atoms with E-state index < -0.39 is 6.67 Å². The predicted octanol–water partition coefficient (Wildman–Crippen LogP) is 2.67. The highest BCUT2D eigenvalue weighted by Gasteiger charge is 2.25. The predicted molar refractivity (Wildman–Crippen MR) is 102 cm³/mol. The van der Waals surface area contributed by atoms with Crippen LogP contribution in [-0.4, -0.2) is 35.3 Å². The average Bonchev–Trinajstić information content (AvgIpc) is 3.00. The van der Waals surface area contributed by atoms with Gasteiger partial charge in [-0.05, 0) is 29.8 Å². The van der Waals surface area contributed by atoms with Crippen LogP contribution in [0.5, 0.6) is 5.75 Å². The van der Waals surface area contributed by atoms with Crippen molar-refractivity contribution in [2.45, 2.75) is 12.8 Å². The number of carbonyl (C=O) groups is 1. The Bertz CT molecular complexity index is 1110. The summed E-state index contributed by atoms with van der Waals surface area (Å²) in [4.78, 5) is 17.0. The molecule has 0 bridgehead atoms. The number of ether oxygens (including phenoxy) is 1. The lowest BCUT2D eigenvalue weighted by Crippen LogP contribution is -2.32. The van der Waals surface area contributed by atoms with Gasteiger partial charge in [0.05, 0.1) is 11.1 Å². The van der Waals surface area contributed by atoms with Crippen LogP contribution in [0.15, 0.2) is 30.3 Å². The molecule has 0 unspecified atom stereocenters. The molecule has 1 aliphatic rings. The SMILES string of the molecule is Cn1c2c(c3ccc(Cc4ccc(C#N)c(OCCF)c4)nc31)C(=O)NCC2. The van der Waals surface area contributed by atoms with Gasteiger partial charge >= 0.3 is 0 Å². The first-order chi connectivity index (χ1) is 13.6. The van der Waals surface area contributed by atoms with Gasteiger partial charge in [0.1, 0.15) is 30.7 Å². The molecule has 0 saturated carbocycles. The first-order valence-electron chi connectivity index (χ1n) is 9.09. The van der Waals surface area contributed by atoms with Crippen LogP contribution in [0.3, 0.4) is 0 Å². The van der Waals surface area contributed by atoms with Crippen molar-refractivity contribution in [1.29, 1.82) is 5.26 Å². The average molecular weight is 378 g/mol. The molecular formula is C21H19FN4O2. The van der Waals surface area contributed by atoms with Crippen LogP contribution in [0.25, 0.3) is 11.0 Å². The van der Waals surface area contributed by atoms with E-state index in [4.69, 9.17) is 9.72 Å². The minimum absolute atomic E-state index is 0.0526. The Morgan fingerprint density at radius 3 is 3.00 bits per heavy atom. The Morgan fingerprint density at radius 2 is 2.21 bits per heavy atom. The molecule has 1 N–H and O–H groups in total. The lowest BCUT2D eigenvalue weighted by atomic mass is 10.0. The first-order valence-corrected chi connectivity index (χ1v) is 9.09. The Morgan fingerprint density at radius 1 is 1.36 bits per heavy atom. The maximum Gasteiger partial charge on any atom is 0.253 e. The number of nitriles is 1. The first kappa shape index (κ1) is 18.0. The van der Waals surface area contributed by atoms with Crippen LogP contribution in [0.1, 0.15) is 32.9 Å². The van der Waals surface area contributed by atoms with Crippen LogP contribution >= 0.6 is 0 Å². The van der Waals surface area contributed by atoms with E-state index in [1.807, 2.05) is 29.8 Å². The van der Waals surface area contributed by atoms with Crippen molar-refractivity contribution in [2.75, 3.05) is 19.8 Å². The molecule has 28 heavy (non-hydrogen) atoms. The summed E-state index contributed by atoms with van der Waals surface area (Å²) < 4.78 is 19.8. The van der Waals surface area contributed by atoms with Crippen molar-refractivity contribution in [2.24, 2.45) is 7.05 Å². The smallest absolute Gasteiger partial charge is 0.253 e. The number of nitrogens with one attached hydrogen (secondary N) is 1. The molecule has 0 saturated heterocycles. The highest BCUT2D eigenvalue weighted by molar-refractivity contribution is 6.08. The van der Waals surface area contributed by atoms with Gasteiger partial charge in [-0.1, -0.05) is 6.07 Å². The third kappa shape index (κ3) is 3.07. The van der Waals surface area contributed by atoms with E-state index in [9.17, 15) is 14.4 Å². The molecule has 142 valence electrons. The van der Waals surface area contributed by atoms with E-state index >= 15 is 0 Å². The fourth-order valence-corrected chi connectivity index (χ4v) is 3.66. The summed E-state index contributed by atoms with van der Waals surface area (Å²) in [7, 11) is 1.93.